The van der Waals surface area contributed by atoms with Gasteiger partial charge in [0.1, 0.15) is 0 Å². The molecule has 0 spiro atoms. The maximum absolute atomic E-state index is 12.6. The van der Waals surface area contributed by atoms with E-state index >= 15 is 0 Å². The molecule has 0 unspecified atom stereocenters. The molecule has 0 fully saturated rings. The topological polar surface area (TPSA) is 53.2 Å². The molecule has 0 saturated heterocycles. The molecule has 0 aliphatic rings. The molecule has 3 aromatic rings. The average molecular weight is 474 g/mol. The minimum atomic E-state index is -4.43. The van der Waals surface area contributed by atoms with Gasteiger partial charge in [-0.3, -0.25) is 9.59 Å². The summed E-state index contributed by atoms with van der Waals surface area (Å²) in [7, 11) is 0. The molecule has 25 heavy (non-hydrogen) atoms. The van der Waals surface area contributed by atoms with E-state index in [-0.39, 0.29) is 47.8 Å². The fourth-order valence-electron chi connectivity index (χ4n) is 2.44. The predicted molar refractivity (Wildman–Crippen MR) is 83.1 cm³/mol. The average Bonchev–Trinajstić information content (AvgIpc) is 2.52. The zero-order chi connectivity index (χ0) is 17.5. The van der Waals surface area contributed by atoms with Crippen molar-refractivity contribution in [2.75, 3.05) is 0 Å². The second-order valence-corrected chi connectivity index (χ2v) is 5.50. The number of halogens is 3. The third kappa shape index (κ3) is 4.20. The number of fused-ring (bicyclic) bond motifs is 1. The van der Waals surface area contributed by atoms with Gasteiger partial charge < -0.3 is 9.55 Å². The first kappa shape index (κ1) is 19.9. The number of rotatable bonds is 2. The van der Waals surface area contributed by atoms with Gasteiger partial charge in [-0.15, -0.1) is 0 Å². The number of nitrogens with zero attached hydrogens (tertiary/aromatic N) is 2. The molecule has 4 nitrogen and oxygen atoms in total. The zero-order valence-electron chi connectivity index (χ0n) is 13.2. The van der Waals surface area contributed by atoms with Crippen molar-refractivity contribution >= 4 is 10.9 Å². The molecular weight excluding hydrogens is 462 g/mol. The first-order valence-corrected chi connectivity index (χ1v) is 7.10. The minimum Gasteiger partial charge on any atom is -0.400 e. The molecule has 8 heteroatoms. The van der Waals surface area contributed by atoms with Crippen molar-refractivity contribution < 1.29 is 54.5 Å². The van der Waals surface area contributed by atoms with E-state index in [2.05, 4.69) is 4.98 Å². The number of hydrogen-bond donors (Lipinski definition) is 0. The fourth-order valence-corrected chi connectivity index (χ4v) is 2.44. The summed E-state index contributed by atoms with van der Waals surface area (Å²) < 4.78 is 38.6. The molecule has 3 rings (SSSR count). The maximum atomic E-state index is 12.6. The summed E-state index contributed by atoms with van der Waals surface area (Å²) in [5.74, 6) is 0. The van der Waals surface area contributed by atoms with Crippen molar-refractivity contribution in [3.63, 3.8) is 0 Å². The van der Waals surface area contributed by atoms with E-state index < -0.39 is 23.0 Å². The molecule has 1 aromatic heterocycles. The van der Waals surface area contributed by atoms with Gasteiger partial charge in [0, 0.05) is 46.7 Å². The molecule has 0 saturated carbocycles. The van der Waals surface area contributed by atoms with Crippen molar-refractivity contribution in [3.8, 4) is 0 Å². The van der Waals surface area contributed by atoms with Crippen LogP contribution in [0.25, 0.3) is 10.9 Å². The quantitative estimate of drug-likeness (QED) is 0.575. The summed E-state index contributed by atoms with van der Waals surface area (Å²) in [4.78, 5) is 28.4. The van der Waals surface area contributed by atoms with Gasteiger partial charge in [0.25, 0.3) is 0 Å². The van der Waals surface area contributed by atoms with Crippen LogP contribution < -0.4 is 16.2 Å². The normalized spacial score (nSPS) is 11.4. The predicted octanol–water partition coefficient (Wildman–Crippen LogP) is 2.69. The van der Waals surface area contributed by atoms with Gasteiger partial charge in [-0.05, 0) is 42.7 Å². The second kappa shape index (κ2) is 7.42. The summed E-state index contributed by atoms with van der Waals surface area (Å²) in [5.41, 5.74) is -0.450. The number of hydrogen-bond acceptors (Lipinski definition) is 2. The van der Waals surface area contributed by atoms with Crippen LogP contribution in [0.3, 0.4) is 0 Å². The number of aryl methyl sites for hydroxylation is 1. The summed E-state index contributed by atoms with van der Waals surface area (Å²) >= 11 is 0. The van der Waals surface area contributed by atoms with Gasteiger partial charge in [-0.25, -0.2) is 0 Å². The SMILES string of the molecule is Cc1ccc2[n-]c(=O)n(Cc3ccc(C(F)(F)F)cc3)c(=O)c2c1.[Pr]. The van der Waals surface area contributed by atoms with Crippen LogP contribution in [0.1, 0.15) is 16.7 Å². The van der Waals surface area contributed by atoms with Crippen LogP contribution in [0.2, 0.25) is 0 Å². The Balaban J connectivity index is 0.00000225. The van der Waals surface area contributed by atoms with Gasteiger partial charge in [-0.2, -0.15) is 13.2 Å². The Morgan fingerprint density at radius 1 is 1.04 bits per heavy atom. The van der Waals surface area contributed by atoms with E-state index in [1.54, 1.807) is 18.2 Å². The second-order valence-electron chi connectivity index (χ2n) is 5.50. The van der Waals surface area contributed by atoms with Crippen LogP contribution in [0.4, 0.5) is 13.2 Å². The molecule has 0 N–H and O–H groups in total. The molecule has 127 valence electrons. The van der Waals surface area contributed by atoms with Gasteiger partial charge in [0.05, 0.1) is 5.56 Å². The molecule has 1 heterocycles. The first-order chi connectivity index (χ1) is 11.3. The number of aromatic nitrogens is 2. The molecule has 0 atom stereocenters. The van der Waals surface area contributed by atoms with E-state index in [1.807, 2.05) is 6.92 Å². The maximum Gasteiger partial charge on any atom is 0.416 e. The molecular formula is C17H12F3N2O2Pr-. The molecule has 1 radical (unpaired) electrons. The van der Waals surface area contributed by atoms with Gasteiger partial charge in [0.2, 0.25) is 0 Å². The van der Waals surface area contributed by atoms with Crippen LogP contribution >= 0.6 is 0 Å². The Kier molecular flexibility index (Phi) is 5.89. The Morgan fingerprint density at radius 2 is 1.68 bits per heavy atom. The monoisotopic (exact) mass is 474 g/mol. The van der Waals surface area contributed by atoms with Crippen LogP contribution in [0, 0.1) is 48.2 Å². The van der Waals surface area contributed by atoms with E-state index in [0.29, 0.717) is 16.5 Å². The molecule has 0 bridgehead atoms. The minimum absolute atomic E-state index is 0. The summed E-state index contributed by atoms with van der Waals surface area (Å²) in [6.45, 7) is 1.68. The van der Waals surface area contributed by atoms with Crippen LogP contribution in [0.5, 0.6) is 0 Å². The Labute approximate surface area is 173 Å². The van der Waals surface area contributed by atoms with Crippen LogP contribution in [-0.4, -0.2) is 4.57 Å². The Morgan fingerprint density at radius 3 is 2.28 bits per heavy atom. The first-order valence-electron chi connectivity index (χ1n) is 7.10. The van der Waals surface area contributed by atoms with Crippen LogP contribution in [-0.2, 0) is 12.7 Å². The zero-order valence-corrected chi connectivity index (χ0v) is 16.9. The number of benzene rings is 2. The fraction of sp³-hybridized carbons (Fsp3) is 0.176. The van der Waals surface area contributed by atoms with Gasteiger partial charge >= 0.3 is 6.18 Å². The Hall–Kier alpha value is -1.47. The smallest absolute Gasteiger partial charge is 0.400 e. The third-order valence-electron chi connectivity index (χ3n) is 3.70. The van der Waals surface area contributed by atoms with E-state index in [4.69, 9.17) is 0 Å². The van der Waals surface area contributed by atoms with Gasteiger partial charge in [-0.1, -0.05) is 29.8 Å². The largest absolute Gasteiger partial charge is 0.416 e. The van der Waals surface area contributed by atoms with Gasteiger partial charge in [0.15, 0.2) is 11.2 Å². The van der Waals surface area contributed by atoms with Crippen molar-refractivity contribution in [1.82, 2.24) is 9.55 Å². The summed E-state index contributed by atoms with van der Waals surface area (Å²) in [6.07, 6.45) is -4.43. The van der Waals surface area contributed by atoms with E-state index in [0.717, 1.165) is 22.3 Å². The molecule has 0 aliphatic heterocycles. The van der Waals surface area contributed by atoms with E-state index in [9.17, 15) is 22.8 Å². The summed E-state index contributed by atoms with van der Waals surface area (Å²) in [5, 5.41) is 0.307. The van der Waals surface area contributed by atoms with Crippen molar-refractivity contribution in [1.29, 1.82) is 0 Å². The van der Waals surface area contributed by atoms with Crippen molar-refractivity contribution in [3.05, 3.63) is 80.0 Å². The Bertz CT molecular complexity index is 1020. The number of alkyl halides is 3. The van der Waals surface area contributed by atoms with E-state index in [1.165, 1.54) is 12.1 Å². The van der Waals surface area contributed by atoms with Crippen molar-refractivity contribution in [2.24, 2.45) is 0 Å². The van der Waals surface area contributed by atoms with Crippen LogP contribution in [0.15, 0.2) is 52.1 Å². The molecule has 0 amide bonds. The molecule has 2 aromatic carbocycles. The summed E-state index contributed by atoms with van der Waals surface area (Å²) in [6, 6.07) is 9.30. The molecule has 0 aliphatic carbocycles. The third-order valence-corrected chi connectivity index (χ3v) is 3.70. The van der Waals surface area contributed by atoms with Crippen molar-refractivity contribution in [2.45, 2.75) is 19.6 Å². The standard InChI is InChI=1S/C17H13F3N2O2.Pr/c1-10-2-7-14-13(8-10)15(23)22(16(24)21-14)9-11-3-5-12(6-4-11)17(18,19)20;/h2-8H,9H2,1H3,(H,21,23,24);/p-1.